The Balaban J connectivity index is 2.03. The molecule has 0 amide bonds. The van der Waals surface area contributed by atoms with Gasteiger partial charge in [0.2, 0.25) is 0 Å². The molecule has 0 spiro atoms. The molecule has 0 bridgehead atoms. The van der Waals surface area contributed by atoms with Gasteiger partial charge in [-0.2, -0.15) is 0 Å². The highest BCUT2D eigenvalue weighted by Crippen LogP contribution is 2.18. The third-order valence-corrected chi connectivity index (χ3v) is 3.53. The van der Waals surface area contributed by atoms with E-state index in [-0.39, 0.29) is 0 Å². The minimum Gasteiger partial charge on any atom is -0.396 e. The van der Waals surface area contributed by atoms with Crippen LogP contribution in [-0.2, 0) is 0 Å². The number of hydrogen-bond donors (Lipinski definition) is 2. The molecule has 19 heavy (non-hydrogen) atoms. The highest BCUT2D eigenvalue weighted by molar-refractivity contribution is 5.64. The molecular formula is C16H29N3. The minimum atomic E-state index is 0.780. The average molecular weight is 263 g/mol. The molecule has 3 nitrogen and oxygen atoms in total. The summed E-state index contributed by atoms with van der Waals surface area (Å²) in [6.07, 6.45) is 12.5. The lowest BCUT2D eigenvalue weighted by atomic mass is 10.1. The highest BCUT2D eigenvalue weighted by Gasteiger charge is 2.01. The van der Waals surface area contributed by atoms with E-state index in [0.29, 0.717) is 0 Å². The van der Waals surface area contributed by atoms with Crippen molar-refractivity contribution in [3.8, 4) is 0 Å². The Bertz CT molecular complexity index is 350. The van der Waals surface area contributed by atoms with E-state index in [1.807, 2.05) is 19.2 Å². The summed E-state index contributed by atoms with van der Waals surface area (Å²) < 4.78 is 0. The fourth-order valence-electron chi connectivity index (χ4n) is 2.18. The van der Waals surface area contributed by atoms with Gasteiger partial charge in [0.25, 0.3) is 0 Å². The van der Waals surface area contributed by atoms with Crippen LogP contribution in [0.2, 0.25) is 0 Å². The van der Waals surface area contributed by atoms with E-state index in [0.717, 1.165) is 23.6 Å². The van der Waals surface area contributed by atoms with E-state index in [9.17, 15) is 0 Å². The smallest absolute Gasteiger partial charge is 0.149 e. The quantitative estimate of drug-likeness (QED) is 0.610. The number of rotatable bonds is 10. The summed E-state index contributed by atoms with van der Waals surface area (Å²) in [6, 6.07) is 1.94. The predicted octanol–water partition coefficient (Wildman–Crippen LogP) is 4.52. The molecule has 0 fully saturated rings. The highest BCUT2D eigenvalue weighted by atomic mass is 15.0. The number of unbranched alkanes of at least 4 members (excludes halogenated alkanes) is 7. The van der Waals surface area contributed by atoms with E-state index in [1.165, 1.54) is 51.4 Å². The van der Waals surface area contributed by atoms with E-state index >= 15 is 0 Å². The van der Waals surface area contributed by atoms with E-state index in [1.54, 1.807) is 0 Å². The van der Waals surface area contributed by atoms with Crippen molar-refractivity contribution < 1.29 is 0 Å². The molecule has 0 atom stereocenters. The molecule has 0 saturated carbocycles. The first-order valence-electron chi connectivity index (χ1n) is 7.70. The predicted molar refractivity (Wildman–Crippen MR) is 84.5 cm³/mol. The zero-order valence-corrected chi connectivity index (χ0v) is 12.5. The second-order valence-electron chi connectivity index (χ2n) is 5.29. The summed E-state index contributed by atoms with van der Waals surface area (Å²) in [5.41, 5.74) is 7.84. The molecule has 0 unspecified atom stereocenters. The van der Waals surface area contributed by atoms with Crippen molar-refractivity contribution in [2.45, 2.75) is 65.2 Å². The summed E-state index contributed by atoms with van der Waals surface area (Å²) in [7, 11) is 0. The number of hydrogen-bond acceptors (Lipinski definition) is 3. The molecule has 1 rings (SSSR count). The van der Waals surface area contributed by atoms with Gasteiger partial charge in [-0.15, -0.1) is 0 Å². The number of nitrogens with one attached hydrogen (secondary N) is 1. The number of aryl methyl sites for hydroxylation is 1. The van der Waals surface area contributed by atoms with Crippen LogP contribution in [0.15, 0.2) is 12.3 Å². The monoisotopic (exact) mass is 263 g/mol. The Morgan fingerprint density at radius 1 is 1.05 bits per heavy atom. The zero-order valence-electron chi connectivity index (χ0n) is 12.5. The molecule has 1 heterocycles. The maximum absolute atomic E-state index is 5.97. The van der Waals surface area contributed by atoms with E-state index < -0.39 is 0 Å². The Hall–Kier alpha value is -1.25. The van der Waals surface area contributed by atoms with Crippen molar-refractivity contribution in [2.75, 3.05) is 17.6 Å². The number of pyridine rings is 1. The van der Waals surface area contributed by atoms with Crippen LogP contribution < -0.4 is 11.1 Å². The molecule has 3 N–H and O–H groups in total. The van der Waals surface area contributed by atoms with Crippen molar-refractivity contribution in [3.63, 3.8) is 0 Å². The number of nitrogens with two attached hydrogens (primary N) is 1. The first-order valence-corrected chi connectivity index (χ1v) is 7.70. The largest absolute Gasteiger partial charge is 0.396 e. The number of nitrogen functional groups attached to an aromatic ring is 1. The second-order valence-corrected chi connectivity index (χ2v) is 5.29. The van der Waals surface area contributed by atoms with Gasteiger partial charge < -0.3 is 11.1 Å². The van der Waals surface area contributed by atoms with Crippen LogP contribution in [-0.4, -0.2) is 11.5 Å². The molecule has 0 saturated heterocycles. The van der Waals surface area contributed by atoms with Crippen molar-refractivity contribution in [1.82, 2.24) is 4.98 Å². The van der Waals surface area contributed by atoms with Gasteiger partial charge in [0.15, 0.2) is 0 Å². The molecular weight excluding hydrogens is 234 g/mol. The van der Waals surface area contributed by atoms with Gasteiger partial charge in [0, 0.05) is 12.7 Å². The molecule has 0 radical (unpaired) electrons. The fraction of sp³-hybridized carbons (Fsp3) is 0.688. The van der Waals surface area contributed by atoms with Gasteiger partial charge in [0.05, 0.1) is 5.69 Å². The lowest BCUT2D eigenvalue weighted by molar-refractivity contribution is 0.581. The summed E-state index contributed by atoms with van der Waals surface area (Å²) >= 11 is 0. The SMILES string of the molecule is CCCCCCCCCCNc1nccc(C)c1N. The van der Waals surface area contributed by atoms with Gasteiger partial charge in [-0.1, -0.05) is 51.9 Å². The average Bonchev–Trinajstić information content (AvgIpc) is 2.41. The van der Waals surface area contributed by atoms with Gasteiger partial charge >= 0.3 is 0 Å². The standard InChI is InChI=1S/C16H29N3/c1-3-4-5-6-7-8-9-10-12-18-16-15(17)14(2)11-13-19-16/h11,13H,3-10,12,17H2,1-2H3,(H,18,19). The molecule has 0 aromatic carbocycles. The summed E-state index contributed by atoms with van der Waals surface area (Å²) in [6.45, 7) is 5.24. The molecule has 0 aliphatic carbocycles. The van der Waals surface area contributed by atoms with Crippen molar-refractivity contribution in [1.29, 1.82) is 0 Å². The lowest BCUT2D eigenvalue weighted by Gasteiger charge is -2.09. The third-order valence-electron chi connectivity index (χ3n) is 3.53. The Kier molecular flexibility index (Phi) is 8.03. The Morgan fingerprint density at radius 3 is 2.37 bits per heavy atom. The van der Waals surface area contributed by atoms with Crippen LogP contribution in [0, 0.1) is 6.92 Å². The number of anilines is 2. The molecule has 1 aromatic rings. The van der Waals surface area contributed by atoms with Crippen LogP contribution >= 0.6 is 0 Å². The van der Waals surface area contributed by atoms with Crippen LogP contribution in [0.1, 0.15) is 63.9 Å². The molecule has 3 heteroatoms. The minimum absolute atomic E-state index is 0.780. The summed E-state index contributed by atoms with van der Waals surface area (Å²) in [5.74, 6) is 0.836. The van der Waals surface area contributed by atoms with Gasteiger partial charge in [0.1, 0.15) is 5.82 Å². The molecule has 0 aliphatic rings. The van der Waals surface area contributed by atoms with Crippen molar-refractivity contribution in [2.24, 2.45) is 0 Å². The van der Waals surface area contributed by atoms with Gasteiger partial charge in [-0.25, -0.2) is 4.98 Å². The molecule has 1 aromatic heterocycles. The van der Waals surface area contributed by atoms with Crippen LogP contribution in [0.4, 0.5) is 11.5 Å². The lowest BCUT2D eigenvalue weighted by Crippen LogP contribution is -2.07. The second kappa shape index (κ2) is 9.65. The van der Waals surface area contributed by atoms with Crippen molar-refractivity contribution >= 4 is 11.5 Å². The Labute approximate surface area is 118 Å². The molecule has 0 aliphatic heterocycles. The maximum Gasteiger partial charge on any atom is 0.149 e. The molecule has 108 valence electrons. The first kappa shape index (κ1) is 15.8. The van der Waals surface area contributed by atoms with Crippen LogP contribution in [0.25, 0.3) is 0 Å². The van der Waals surface area contributed by atoms with Gasteiger partial charge in [-0.3, -0.25) is 0 Å². The van der Waals surface area contributed by atoms with Crippen LogP contribution in [0.5, 0.6) is 0 Å². The third kappa shape index (κ3) is 6.46. The van der Waals surface area contributed by atoms with E-state index in [4.69, 9.17) is 5.73 Å². The fourth-order valence-corrected chi connectivity index (χ4v) is 2.18. The Morgan fingerprint density at radius 2 is 1.68 bits per heavy atom. The van der Waals surface area contributed by atoms with E-state index in [2.05, 4.69) is 17.2 Å². The topological polar surface area (TPSA) is 50.9 Å². The summed E-state index contributed by atoms with van der Waals surface area (Å²) in [4.78, 5) is 4.27. The number of aromatic nitrogens is 1. The van der Waals surface area contributed by atoms with Gasteiger partial charge in [-0.05, 0) is 25.0 Å². The van der Waals surface area contributed by atoms with Crippen LogP contribution in [0.3, 0.4) is 0 Å². The zero-order chi connectivity index (χ0) is 13.9. The van der Waals surface area contributed by atoms with Crippen molar-refractivity contribution in [3.05, 3.63) is 17.8 Å². The maximum atomic E-state index is 5.97. The summed E-state index contributed by atoms with van der Waals surface area (Å²) in [5, 5.41) is 3.33. The normalized spacial score (nSPS) is 10.6. The first-order chi connectivity index (χ1) is 9.25. The number of nitrogens with zero attached hydrogens (tertiary/aromatic N) is 1.